The average molecular weight is 343 g/mol. The summed E-state index contributed by atoms with van der Waals surface area (Å²) in [6.45, 7) is 4.81. The standard InChI is InChI=1S/C18H21N3O2S/c1-13(2)12-23-16-10-8-14(9-11-16)17(22)20-21-18(24)19-15-6-4-3-5-7-15/h3-11,13H,12H2,1-2H3,(H,20,22)(H2,19,21,24). The van der Waals surface area contributed by atoms with Gasteiger partial charge in [-0.05, 0) is 54.5 Å². The molecule has 0 radical (unpaired) electrons. The molecule has 0 aliphatic carbocycles. The van der Waals surface area contributed by atoms with Gasteiger partial charge in [0.05, 0.1) is 6.61 Å². The van der Waals surface area contributed by atoms with Gasteiger partial charge in [-0.2, -0.15) is 0 Å². The molecule has 0 fully saturated rings. The minimum atomic E-state index is -0.275. The normalized spacial score (nSPS) is 10.1. The van der Waals surface area contributed by atoms with Crippen molar-refractivity contribution in [3.8, 4) is 5.75 Å². The van der Waals surface area contributed by atoms with Crippen LogP contribution in [0.2, 0.25) is 0 Å². The number of rotatable bonds is 5. The molecule has 1 amide bonds. The van der Waals surface area contributed by atoms with Crippen LogP contribution in [0.5, 0.6) is 5.75 Å². The molecule has 0 unspecified atom stereocenters. The molecular formula is C18H21N3O2S. The molecule has 24 heavy (non-hydrogen) atoms. The number of carbonyl (C=O) groups excluding carboxylic acids is 1. The van der Waals surface area contributed by atoms with Gasteiger partial charge in [0.2, 0.25) is 0 Å². The molecule has 5 nitrogen and oxygen atoms in total. The van der Waals surface area contributed by atoms with Crippen LogP contribution in [0.1, 0.15) is 24.2 Å². The fraction of sp³-hybridized carbons (Fsp3) is 0.222. The number of hydrogen-bond acceptors (Lipinski definition) is 3. The van der Waals surface area contributed by atoms with Crippen LogP contribution in [0.4, 0.5) is 5.69 Å². The lowest BCUT2D eigenvalue weighted by molar-refractivity contribution is 0.0944. The molecule has 2 aromatic carbocycles. The summed E-state index contributed by atoms with van der Waals surface area (Å²) in [5, 5.41) is 3.28. The zero-order chi connectivity index (χ0) is 17.4. The molecule has 6 heteroatoms. The summed E-state index contributed by atoms with van der Waals surface area (Å²) in [6.07, 6.45) is 0. The Bertz CT molecular complexity index is 672. The smallest absolute Gasteiger partial charge is 0.269 e. The third-order valence-electron chi connectivity index (χ3n) is 3.02. The summed E-state index contributed by atoms with van der Waals surface area (Å²) in [6, 6.07) is 16.4. The Hall–Kier alpha value is -2.60. The van der Waals surface area contributed by atoms with Crippen molar-refractivity contribution in [2.24, 2.45) is 5.92 Å². The third-order valence-corrected chi connectivity index (χ3v) is 3.23. The zero-order valence-electron chi connectivity index (χ0n) is 13.7. The van der Waals surface area contributed by atoms with Gasteiger partial charge in [0, 0.05) is 11.3 Å². The van der Waals surface area contributed by atoms with Crippen molar-refractivity contribution < 1.29 is 9.53 Å². The van der Waals surface area contributed by atoms with E-state index < -0.39 is 0 Å². The van der Waals surface area contributed by atoms with Gasteiger partial charge < -0.3 is 10.1 Å². The van der Waals surface area contributed by atoms with Gasteiger partial charge in [-0.3, -0.25) is 15.6 Å². The van der Waals surface area contributed by atoms with Crippen LogP contribution in [0.25, 0.3) is 0 Å². The number of thiocarbonyl (C=S) groups is 1. The monoisotopic (exact) mass is 343 g/mol. The van der Waals surface area contributed by atoms with E-state index in [1.807, 2.05) is 30.3 Å². The Morgan fingerprint density at radius 1 is 1.04 bits per heavy atom. The summed E-state index contributed by atoms with van der Waals surface area (Å²) in [5.41, 5.74) is 6.59. The predicted octanol–water partition coefficient (Wildman–Crippen LogP) is 3.35. The Morgan fingerprint density at radius 3 is 2.33 bits per heavy atom. The summed E-state index contributed by atoms with van der Waals surface area (Å²) in [4.78, 5) is 12.1. The Balaban J connectivity index is 1.80. The molecule has 0 saturated carbocycles. The lowest BCUT2D eigenvalue weighted by Crippen LogP contribution is -2.43. The van der Waals surface area contributed by atoms with Crippen LogP contribution in [0, 0.1) is 5.92 Å². The fourth-order valence-electron chi connectivity index (χ4n) is 1.83. The van der Waals surface area contributed by atoms with Crippen molar-refractivity contribution in [3.05, 3.63) is 60.2 Å². The number of nitrogens with one attached hydrogen (secondary N) is 3. The lowest BCUT2D eigenvalue weighted by Gasteiger charge is -2.12. The highest BCUT2D eigenvalue weighted by Crippen LogP contribution is 2.13. The van der Waals surface area contributed by atoms with Crippen molar-refractivity contribution in [1.82, 2.24) is 10.9 Å². The van der Waals surface area contributed by atoms with E-state index in [0.29, 0.717) is 23.2 Å². The molecule has 0 atom stereocenters. The first-order chi connectivity index (χ1) is 11.5. The van der Waals surface area contributed by atoms with Crippen LogP contribution < -0.4 is 20.9 Å². The van der Waals surface area contributed by atoms with Crippen LogP contribution in [-0.4, -0.2) is 17.6 Å². The van der Waals surface area contributed by atoms with E-state index in [9.17, 15) is 4.79 Å². The van der Waals surface area contributed by atoms with Gasteiger partial charge in [-0.1, -0.05) is 32.0 Å². The molecule has 2 aromatic rings. The van der Waals surface area contributed by atoms with E-state index in [4.69, 9.17) is 17.0 Å². The molecular weight excluding hydrogens is 322 g/mol. The quantitative estimate of drug-likeness (QED) is 0.574. The first-order valence-corrected chi connectivity index (χ1v) is 8.10. The average Bonchev–Trinajstić information content (AvgIpc) is 2.59. The summed E-state index contributed by atoms with van der Waals surface area (Å²) in [5.74, 6) is 0.924. The Morgan fingerprint density at radius 2 is 1.71 bits per heavy atom. The molecule has 0 spiro atoms. The van der Waals surface area contributed by atoms with E-state index in [-0.39, 0.29) is 5.91 Å². The molecule has 3 N–H and O–H groups in total. The second-order valence-corrected chi connectivity index (χ2v) is 6.04. The molecule has 0 aliphatic rings. The maximum atomic E-state index is 12.1. The first-order valence-electron chi connectivity index (χ1n) is 7.70. The van der Waals surface area contributed by atoms with Gasteiger partial charge in [0.1, 0.15) is 5.75 Å². The van der Waals surface area contributed by atoms with Crippen molar-refractivity contribution in [1.29, 1.82) is 0 Å². The fourth-order valence-corrected chi connectivity index (χ4v) is 2.00. The second kappa shape index (κ2) is 8.88. The molecule has 0 bridgehead atoms. The SMILES string of the molecule is CC(C)COc1ccc(C(=O)NNC(=S)Nc2ccccc2)cc1. The number of anilines is 1. The van der Waals surface area contributed by atoms with E-state index in [0.717, 1.165) is 11.4 Å². The Kier molecular flexibility index (Phi) is 6.57. The number of para-hydroxylation sites is 1. The van der Waals surface area contributed by atoms with Gasteiger partial charge in [0.25, 0.3) is 5.91 Å². The van der Waals surface area contributed by atoms with Crippen LogP contribution >= 0.6 is 12.2 Å². The van der Waals surface area contributed by atoms with E-state index in [1.165, 1.54) is 0 Å². The molecule has 0 aliphatic heterocycles. The van der Waals surface area contributed by atoms with E-state index in [1.54, 1.807) is 24.3 Å². The van der Waals surface area contributed by atoms with Crippen LogP contribution in [0.15, 0.2) is 54.6 Å². The third kappa shape index (κ3) is 5.89. The number of carbonyl (C=O) groups is 1. The largest absolute Gasteiger partial charge is 0.493 e. The molecule has 2 rings (SSSR count). The molecule has 0 saturated heterocycles. The van der Waals surface area contributed by atoms with Crippen molar-refractivity contribution in [2.45, 2.75) is 13.8 Å². The summed E-state index contributed by atoms with van der Waals surface area (Å²) < 4.78 is 5.59. The van der Waals surface area contributed by atoms with Crippen molar-refractivity contribution in [2.75, 3.05) is 11.9 Å². The van der Waals surface area contributed by atoms with Crippen LogP contribution in [-0.2, 0) is 0 Å². The minimum Gasteiger partial charge on any atom is -0.493 e. The summed E-state index contributed by atoms with van der Waals surface area (Å²) >= 11 is 5.13. The van der Waals surface area contributed by atoms with Crippen molar-refractivity contribution in [3.63, 3.8) is 0 Å². The number of hydrazine groups is 1. The highest BCUT2D eigenvalue weighted by Gasteiger charge is 2.06. The van der Waals surface area contributed by atoms with E-state index >= 15 is 0 Å². The maximum Gasteiger partial charge on any atom is 0.269 e. The minimum absolute atomic E-state index is 0.275. The first kappa shape index (κ1) is 17.7. The lowest BCUT2D eigenvalue weighted by atomic mass is 10.2. The summed E-state index contributed by atoms with van der Waals surface area (Å²) in [7, 11) is 0. The highest BCUT2D eigenvalue weighted by atomic mass is 32.1. The van der Waals surface area contributed by atoms with Crippen molar-refractivity contribution >= 4 is 28.9 Å². The van der Waals surface area contributed by atoms with E-state index in [2.05, 4.69) is 30.0 Å². The number of benzene rings is 2. The highest BCUT2D eigenvalue weighted by molar-refractivity contribution is 7.80. The molecule has 126 valence electrons. The maximum absolute atomic E-state index is 12.1. The van der Waals surface area contributed by atoms with Gasteiger partial charge in [-0.25, -0.2) is 0 Å². The topological polar surface area (TPSA) is 62.4 Å². The Labute approximate surface area is 147 Å². The van der Waals surface area contributed by atoms with Gasteiger partial charge in [-0.15, -0.1) is 0 Å². The van der Waals surface area contributed by atoms with Crippen LogP contribution in [0.3, 0.4) is 0 Å². The number of amides is 1. The molecule has 0 heterocycles. The number of hydrogen-bond donors (Lipinski definition) is 3. The molecule has 0 aromatic heterocycles. The zero-order valence-corrected chi connectivity index (χ0v) is 14.5. The predicted molar refractivity (Wildman–Crippen MR) is 100 cm³/mol. The second-order valence-electron chi connectivity index (χ2n) is 5.63. The van der Waals surface area contributed by atoms with Gasteiger partial charge >= 0.3 is 0 Å². The number of ether oxygens (including phenoxy) is 1. The van der Waals surface area contributed by atoms with Gasteiger partial charge in [0.15, 0.2) is 5.11 Å².